The molecule has 7 heteroatoms. The molecule has 0 saturated carbocycles. The standard InChI is InChI=1S/C20H30N2O5/c1-20(2,3)27-19(25)22(4)13-9-8-12-17(14-23)21-18(24)26-15-16-10-6-5-7-11-16/h5-7,10-11,14,17H,8-9,12-13,15H2,1-4H3,(H,21,24)/t17-/m0/s1. The normalized spacial score (nSPS) is 12.0. The van der Waals surface area contributed by atoms with E-state index in [2.05, 4.69) is 5.32 Å². The zero-order valence-electron chi connectivity index (χ0n) is 16.6. The molecule has 1 aromatic carbocycles. The number of aldehydes is 1. The molecule has 1 aromatic rings. The summed E-state index contributed by atoms with van der Waals surface area (Å²) in [7, 11) is 1.67. The van der Waals surface area contributed by atoms with E-state index in [-0.39, 0.29) is 12.7 Å². The van der Waals surface area contributed by atoms with Crippen LogP contribution in [-0.4, -0.2) is 48.6 Å². The SMILES string of the molecule is CN(CCCC[C@@H](C=O)NC(=O)OCc1ccccc1)C(=O)OC(C)(C)C. The number of alkyl carbamates (subject to hydrolysis) is 1. The molecule has 1 N–H and O–H groups in total. The largest absolute Gasteiger partial charge is 0.445 e. The monoisotopic (exact) mass is 378 g/mol. The van der Waals surface area contributed by atoms with Crippen molar-refractivity contribution in [3.05, 3.63) is 35.9 Å². The molecule has 0 aliphatic heterocycles. The highest BCUT2D eigenvalue weighted by atomic mass is 16.6. The Kier molecular flexibility index (Phi) is 9.33. The van der Waals surface area contributed by atoms with Gasteiger partial charge in [0.05, 0.1) is 6.04 Å². The Labute approximate surface area is 161 Å². The number of hydrogen-bond acceptors (Lipinski definition) is 5. The van der Waals surface area contributed by atoms with Crippen LogP contribution < -0.4 is 5.32 Å². The Balaban J connectivity index is 2.24. The summed E-state index contributed by atoms with van der Waals surface area (Å²) < 4.78 is 10.4. The number of amides is 2. The smallest absolute Gasteiger partial charge is 0.410 e. The molecule has 0 fully saturated rings. The quantitative estimate of drug-likeness (QED) is 0.525. The van der Waals surface area contributed by atoms with Crippen molar-refractivity contribution in [3.8, 4) is 0 Å². The Bertz CT molecular complexity index is 598. The average Bonchev–Trinajstić information content (AvgIpc) is 2.61. The minimum absolute atomic E-state index is 0.152. The van der Waals surface area contributed by atoms with E-state index >= 15 is 0 Å². The van der Waals surface area contributed by atoms with E-state index in [1.165, 1.54) is 4.90 Å². The summed E-state index contributed by atoms with van der Waals surface area (Å²) >= 11 is 0. The van der Waals surface area contributed by atoms with E-state index < -0.39 is 17.7 Å². The molecule has 0 heterocycles. The van der Waals surface area contributed by atoms with Gasteiger partial charge in [-0.2, -0.15) is 0 Å². The number of benzene rings is 1. The summed E-state index contributed by atoms with van der Waals surface area (Å²) in [5, 5.41) is 2.54. The first-order valence-electron chi connectivity index (χ1n) is 9.08. The molecule has 0 unspecified atom stereocenters. The number of hydrogen-bond donors (Lipinski definition) is 1. The lowest BCUT2D eigenvalue weighted by Crippen LogP contribution is -2.37. The molecule has 2 amide bonds. The van der Waals surface area contributed by atoms with Crippen molar-refractivity contribution >= 4 is 18.5 Å². The van der Waals surface area contributed by atoms with Crippen molar-refractivity contribution in [2.75, 3.05) is 13.6 Å². The third-order valence-electron chi connectivity index (χ3n) is 3.64. The van der Waals surface area contributed by atoms with Crippen LogP contribution >= 0.6 is 0 Å². The van der Waals surface area contributed by atoms with E-state index in [0.717, 1.165) is 5.56 Å². The fourth-order valence-corrected chi connectivity index (χ4v) is 2.23. The third kappa shape index (κ3) is 10.2. The second kappa shape index (κ2) is 11.2. The van der Waals surface area contributed by atoms with E-state index in [1.807, 2.05) is 51.1 Å². The van der Waals surface area contributed by atoms with Crippen LogP contribution in [0.1, 0.15) is 45.6 Å². The molecular formula is C20H30N2O5. The lowest BCUT2D eigenvalue weighted by Gasteiger charge is -2.24. The molecule has 0 radical (unpaired) electrons. The molecule has 27 heavy (non-hydrogen) atoms. The van der Waals surface area contributed by atoms with Crippen LogP contribution in [-0.2, 0) is 20.9 Å². The summed E-state index contributed by atoms with van der Waals surface area (Å²) in [5.41, 5.74) is 0.346. The van der Waals surface area contributed by atoms with Gasteiger partial charge in [0.25, 0.3) is 0 Å². The molecular weight excluding hydrogens is 348 g/mol. The number of nitrogens with zero attached hydrogens (tertiary/aromatic N) is 1. The van der Waals surface area contributed by atoms with Gasteiger partial charge in [0.1, 0.15) is 18.5 Å². The van der Waals surface area contributed by atoms with Crippen LogP contribution in [0.25, 0.3) is 0 Å². The molecule has 0 saturated heterocycles. The number of unbranched alkanes of at least 4 members (excludes halogenated alkanes) is 1. The number of carbonyl (C=O) groups is 3. The van der Waals surface area contributed by atoms with Gasteiger partial charge in [-0.1, -0.05) is 30.3 Å². The van der Waals surface area contributed by atoms with Crippen molar-refractivity contribution in [3.63, 3.8) is 0 Å². The van der Waals surface area contributed by atoms with Gasteiger partial charge in [0, 0.05) is 13.6 Å². The Morgan fingerprint density at radius 3 is 2.44 bits per heavy atom. The Hall–Kier alpha value is -2.57. The van der Waals surface area contributed by atoms with Gasteiger partial charge in [0.15, 0.2) is 0 Å². The maximum atomic E-state index is 11.9. The van der Waals surface area contributed by atoms with Gasteiger partial charge in [-0.15, -0.1) is 0 Å². The molecule has 0 aromatic heterocycles. The maximum absolute atomic E-state index is 11.9. The Morgan fingerprint density at radius 1 is 1.19 bits per heavy atom. The van der Waals surface area contributed by atoms with Crippen molar-refractivity contribution in [1.29, 1.82) is 0 Å². The van der Waals surface area contributed by atoms with Crippen molar-refractivity contribution in [2.45, 2.75) is 58.3 Å². The zero-order chi connectivity index (χ0) is 20.3. The van der Waals surface area contributed by atoms with E-state index in [9.17, 15) is 14.4 Å². The molecule has 1 rings (SSSR count). The molecule has 1 atom stereocenters. The number of ether oxygens (including phenoxy) is 2. The zero-order valence-corrected chi connectivity index (χ0v) is 16.6. The second-order valence-electron chi connectivity index (χ2n) is 7.35. The van der Waals surface area contributed by atoms with E-state index in [1.54, 1.807) is 7.05 Å². The van der Waals surface area contributed by atoms with Crippen molar-refractivity contribution in [2.24, 2.45) is 0 Å². The molecule has 150 valence electrons. The minimum atomic E-state index is -0.623. The van der Waals surface area contributed by atoms with Gasteiger partial charge < -0.3 is 24.5 Å². The van der Waals surface area contributed by atoms with Gasteiger partial charge in [-0.05, 0) is 45.6 Å². The fraction of sp³-hybridized carbons (Fsp3) is 0.550. The van der Waals surface area contributed by atoms with Gasteiger partial charge >= 0.3 is 12.2 Å². The van der Waals surface area contributed by atoms with Crippen LogP contribution in [0.15, 0.2) is 30.3 Å². The van der Waals surface area contributed by atoms with Gasteiger partial charge in [-0.3, -0.25) is 0 Å². The van der Waals surface area contributed by atoms with Crippen LogP contribution in [0.3, 0.4) is 0 Å². The molecule has 0 spiro atoms. The second-order valence-corrected chi connectivity index (χ2v) is 7.35. The topological polar surface area (TPSA) is 84.9 Å². The first-order valence-corrected chi connectivity index (χ1v) is 9.08. The number of rotatable bonds is 9. The molecule has 0 aliphatic rings. The molecule has 0 bridgehead atoms. The number of carbonyl (C=O) groups excluding carboxylic acids is 3. The highest BCUT2D eigenvalue weighted by molar-refractivity contribution is 5.73. The summed E-state index contributed by atoms with van der Waals surface area (Å²) in [6, 6.07) is 8.70. The van der Waals surface area contributed by atoms with Crippen LogP contribution in [0.5, 0.6) is 0 Å². The minimum Gasteiger partial charge on any atom is -0.445 e. The summed E-state index contributed by atoms with van der Waals surface area (Å²) in [6.07, 6.45) is 1.54. The lowest BCUT2D eigenvalue weighted by atomic mass is 10.1. The predicted molar refractivity (Wildman–Crippen MR) is 102 cm³/mol. The average molecular weight is 378 g/mol. The summed E-state index contributed by atoms with van der Waals surface area (Å²) in [6.45, 7) is 6.11. The van der Waals surface area contributed by atoms with Gasteiger partial charge in [-0.25, -0.2) is 9.59 Å². The van der Waals surface area contributed by atoms with Gasteiger partial charge in [0.2, 0.25) is 0 Å². The third-order valence-corrected chi connectivity index (χ3v) is 3.64. The lowest BCUT2D eigenvalue weighted by molar-refractivity contribution is -0.109. The van der Waals surface area contributed by atoms with E-state index in [4.69, 9.17) is 9.47 Å². The van der Waals surface area contributed by atoms with Crippen LogP contribution in [0, 0.1) is 0 Å². The highest BCUT2D eigenvalue weighted by Gasteiger charge is 2.19. The van der Waals surface area contributed by atoms with Crippen molar-refractivity contribution in [1.82, 2.24) is 10.2 Å². The maximum Gasteiger partial charge on any atom is 0.410 e. The first kappa shape index (κ1) is 22.5. The van der Waals surface area contributed by atoms with Crippen LogP contribution in [0.4, 0.5) is 9.59 Å². The number of nitrogens with one attached hydrogen (secondary N) is 1. The van der Waals surface area contributed by atoms with Crippen LogP contribution in [0.2, 0.25) is 0 Å². The molecule has 7 nitrogen and oxygen atoms in total. The summed E-state index contributed by atoms with van der Waals surface area (Å²) in [5.74, 6) is 0. The highest BCUT2D eigenvalue weighted by Crippen LogP contribution is 2.10. The van der Waals surface area contributed by atoms with Crippen molar-refractivity contribution < 1.29 is 23.9 Å². The predicted octanol–water partition coefficient (Wildman–Crippen LogP) is 3.52. The van der Waals surface area contributed by atoms with E-state index in [0.29, 0.717) is 32.1 Å². The summed E-state index contributed by atoms with van der Waals surface area (Å²) in [4.78, 5) is 36.3. The first-order chi connectivity index (χ1) is 12.7. The fourth-order valence-electron chi connectivity index (χ4n) is 2.23. The molecule has 0 aliphatic carbocycles. The Morgan fingerprint density at radius 2 is 1.85 bits per heavy atom.